The lowest BCUT2D eigenvalue weighted by Crippen LogP contribution is -2.26. The van der Waals surface area contributed by atoms with Crippen molar-refractivity contribution in [3.8, 4) is 0 Å². The van der Waals surface area contributed by atoms with E-state index in [0.717, 1.165) is 5.56 Å². The van der Waals surface area contributed by atoms with E-state index in [1.807, 2.05) is 30.3 Å². The summed E-state index contributed by atoms with van der Waals surface area (Å²) in [5, 5.41) is 7.13. The van der Waals surface area contributed by atoms with E-state index >= 15 is 0 Å². The van der Waals surface area contributed by atoms with Gasteiger partial charge < -0.3 is 5.32 Å². The first-order valence-corrected chi connectivity index (χ1v) is 12.0. The molecule has 0 saturated carbocycles. The van der Waals surface area contributed by atoms with Crippen molar-refractivity contribution >= 4 is 32.7 Å². The molecule has 0 spiro atoms. The molecule has 2 aromatic carbocycles. The molecule has 0 atom stereocenters. The van der Waals surface area contributed by atoms with Crippen LogP contribution in [0.15, 0.2) is 76.8 Å². The molecular weight excluding hydrogens is 456 g/mol. The Labute approximate surface area is 196 Å². The third kappa shape index (κ3) is 4.90. The molecule has 1 amide bonds. The smallest absolute Gasteiger partial charge is 0.264 e. The number of carbonyl (C=O) groups is 1. The molecule has 0 saturated heterocycles. The lowest BCUT2D eigenvalue weighted by atomic mass is 10.2. The highest BCUT2D eigenvalue weighted by molar-refractivity contribution is 7.89. The Kier molecular flexibility index (Phi) is 6.57. The molecule has 4 rings (SSSR count). The Morgan fingerprint density at radius 1 is 1.09 bits per heavy atom. The van der Waals surface area contributed by atoms with E-state index in [4.69, 9.17) is 0 Å². The van der Waals surface area contributed by atoms with E-state index in [2.05, 4.69) is 15.4 Å². The van der Waals surface area contributed by atoms with Gasteiger partial charge in [0.25, 0.3) is 5.56 Å². The lowest BCUT2D eigenvalue weighted by molar-refractivity contribution is -0.116. The predicted molar refractivity (Wildman–Crippen MR) is 128 cm³/mol. The molecule has 0 fully saturated rings. The highest BCUT2D eigenvalue weighted by atomic mass is 32.2. The van der Waals surface area contributed by atoms with Crippen LogP contribution in [-0.2, 0) is 35.0 Å². The Hall–Kier alpha value is -3.83. The van der Waals surface area contributed by atoms with Crippen molar-refractivity contribution in [3.63, 3.8) is 0 Å². The number of aryl methyl sites for hydroxylation is 2. The number of hydrogen-bond donors (Lipinski definition) is 1. The SMILES string of the molecule is CN(Cc1ccccc1)S(=O)(=O)c1ccc(NC(=O)CCn2cnc3c(cnn3C)c2=O)cc1. The third-order valence-corrected chi connectivity index (χ3v) is 7.21. The van der Waals surface area contributed by atoms with Crippen molar-refractivity contribution in [2.45, 2.75) is 24.4 Å². The fourth-order valence-electron chi connectivity index (χ4n) is 3.49. The molecule has 176 valence electrons. The first-order chi connectivity index (χ1) is 16.3. The van der Waals surface area contributed by atoms with Crippen molar-refractivity contribution in [1.82, 2.24) is 23.6 Å². The summed E-state index contributed by atoms with van der Waals surface area (Å²) < 4.78 is 29.9. The quantitative estimate of drug-likeness (QED) is 0.412. The zero-order valence-electron chi connectivity index (χ0n) is 18.7. The molecule has 0 aliphatic rings. The molecule has 1 N–H and O–H groups in total. The van der Waals surface area contributed by atoms with Gasteiger partial charge in [-0.3, -0.25) is 18.8 Å². The van der Waals surface area contributed by atoms with Crippen LogP contribution in [0.25, 0.3) is 11.0 Å². The molecule has 2 heterocycles. The van der Waals surface area contributed by atoms with Crippen LogP contribution in [0.1, 0.15) is 12.0 Å². The summed E-state index contributed by atoms with van der Waals surface area (Å²) in [6, 6.07) is 15.3. The number of nitrogens with one attached hydrogen (secondary N) is 1. The van der Waals surface area contributed by atoms with Crippen molar-refractivity contribution in [2.75, 3.05) is 12.4 Å². The maximum Gasteiger partial charge on any atom is 0.264 e. The Bertz CT molecular complexity index is 1480. The predicted octanol–water partition coefficient (Wildman–Crippen LogP) is 1.98. The number of nitrogens with zero attached hydrogens (tertiary/aromatic N) is 5. The van der Waals surface area contributed by atoms with Gasteiger partial charge in [-0.15, -0.1) is 0 Å². The molecule has 0 unspecified atom stereocenters. The van der Waals surface area contributed by atoms with Gasteiger partial charge in [0, 0.05) is 39.3 Å². The normalized spacial score (nSPS) is 11.7. The molecule has 0 radical (unpaired) electrons. The van der Waals surface area contributed by atoms with Crippen LogP contribution in [0.2, 0.25) is 0 Å². The Morgan fingerprint density at radius 3 is 2.50 bits per heavy atom. The van der Waals surface area contributed by atoms with Crippen molar-refractivity contribution in [1.29, 1.82) is 0 Å². The van der Waals surface area contributed by atoms with Crippen molar-refractivity contribution in [3.05, 3.63) is 83.0 Å². The number of fused-ring (bicyclic) bond motifs is 1. The largest absolute Gasteiger partial charge is 0.326 e. The summed E-state index contributed by atoms with van der Waals surface area (Å²) in [7, 11) is -0.457. The van der Waals surface area contributed by atoms with Gasteiger partial charge in [-0.2, -0.15) is 9.40 Å². The second-order valence-corrected chi connectivity index (χ2v) is 9.86. The minimum Gasteiger partial charge on any atom is -0.326 e. The summed E-state index contributed by atoms with van der Waals surface area (Å²) in [6.45, 7) is 0.403. The maximum atomic E-state index is 12.9. The van der Waals surface area contributed by atoms with Crippen LogP contribution in [-0.4, -0.2) is 45.0 Å². The maximum absolute atomic E-state index is 12.9. The standard InChI is InChI=1S/C23H24N6O4S/c1-27(15-17-6-4-3-5-7-17)34(32,33)19-10-8-18(9-11-19)26-21(30)12-13-29-16-24-22-20(23(29)31)14-25-28(22)2/h3-11,14,16H,12-13,15H2,1-2H3,(H,26,30). The number of hydrogen-bond acceptors (Lipinski definition) is 6. The second-order valence-electron chi connectivity index (χ2n) is 7.82. The fraction of sp³-hybridized carbons (Fsp3) is 0.217. The number of sulfonamides is 1. The zero-order valence-corrected chi connectivity index (χ0v) is 19.6. The minimum absolute atomic E-state index is 0.0488. The summed E-state index contributed by atoms with van der Waals surface area (Å²) >= 11 is 0. The van der Waals surface area contributed by atoms with Gasteiger partial charge in [0.05, 0.1) is 17.4 Å². The van der Waals surface area contributed by atoms with Crippen molar-refractivity contribution in [2.24, 2.45) is 7.05 Å². The molecule has 34 heavy (non-hydrogen) atoms. The monoisotopic (exact) mass is 480 g/mol. The van der Waals surface area contributed by atoms with E-state index in [-0.39, 0.29) is 35.9 Å². The molecule has 10 nitrogen and oxygen atoms in total. The van der Waals surface area contributed by atoms with E-state index in [1.165, 1.54) is 57.4 Å². The van der Waals surface area contributed by atoms with Gasteiger partial charge in [-0.1, -0.05) is 30.3 Å². The number of amides is 1. The average Bonchev–Trinajstić information content (AvgIpc) is 3.21. The highest BCUT2D eigenvalue weighted by Gasteiger charge is 2.21. The van der Waals surface area contributed by atoms with E-state index in [0.29, 0.717) is 16.7 Å². The van der Waals surface area contributed by atoms with Gasteiger partial charge in [-0.25, -0.2) is 13.4 Å². The second kappa shape index (κ2) is 9.57. The van der Waals surface area contributed by atoms with Gasteiger partial charge in [0.15, 0.2) is 5.65 Å². The number of aromatic nitrogens is 4. The van der Waals surface area contributed by atoms with Crippen LogP contribution in [0.4, 0.5) is 5.69 Å². The lowest BCUT2D eigenvalue weighted by Gasteiger charge is -2.17. The van der Waals surface area contributed by atoms with E-state index in [1.54, 1.807) is 7.05 Å². The summed E-state index contributed by atoms with van der Waals surface area (Å²) in [5.41, 5.74) is 1.56. The zero-order chi connectivity index (χ0) is 24.3. The molecular formula is C23H24N6O4S. The average molecular weight is 481 g/mol. The summed E-state index contributed by atoms with van der Waals surface area (Å²) in [5.74, 6) is -0.310. The van der Waals surface area contributed by atoms with Gasteiger partial charge in [-0.05, 0) is 29.8 Å². The molecule has 11 heteroatoms. The molecule has 4 aromatic rings. The molecule has 2 aromatic heterocycles. The van der Waals surface area contributed by atoms with E-state index in [9.17, 15) is 18.0 Å². The van der Waals surface area contributed by atoms with Gasteiger partial charge >= 0.3 is 0 Å². The number of carbonyl (C=O) groups excluding carboxylic acids is 1. The molecule has 0 aliphatic carbocycles. The van der Waals surface area contributed by atoms with Crippen molar-refractivity contribution < 1.29 is 13.2 Å². The van der Waals surface area contributed by atoms with Crippen LogP contribution in [0.5, 0.6) is 0 Å². The Balaban J connectivity index is 1.37. The number of benzene rings is 2. The molecule has 0 aliphatic heterocycles. The number of rotatable bonds is 8. The third-order valence-electron chi connectivity index (χ3n) is 5.39. The van der Waals surface area contributed by atoms with Crippen LogP contribution in [0.3, 0.4) is 0 Å². The van der Waals surface area contributed by atoms with Crippen LogP contribution in [0, 0.1) is 0 Å². The summed E-state index contributed by atoms with van der Waals surface area (Å²) in [4.78, 5) is 29.2. The van der Waals surface area contributed by atoms with E-state index < -0.39 is 10.0 Å². The minimum atomic E-state index is -3.68. The first kappa shape index (κ1) is 23.3. The van der Waals surface area contributed by atoms with Crippen LogP contribution < -0.4 is 10.9 Å². The van der Waals surface area contributed by atoms with Crippen LogP contribution >= 0.6 is 0 Å². The number of anilines is 1. The first-order valence-electron chi connectivity index (χ1n) is 10.5. The summed E-state index contributed by atoms with van der Waals surface area (Å²) in [6.07, 6.45) is 2.90. The fourth-order valence-corrected chi connectivity index (χ4v) is 4.65. The highest BCUT2D eigenvalue weighted by Crippen LogP contribution is 2.19. The topological polar surface area (TPSA) is 119 Å². The van der Waals surface area contributed by atoms with Gasteiger partial charge in [0.2, 0.25) is 15.9 Å². The van der Waals surface area contributed by atoms with Gasteiger partial charge in [0.1, 0.15) is 5.39 Å². The Morgan fingerprint density at radius 2 is 1.79 bits per heavy atom. The molecule has 0 bridgehead atoms.